The number of carbonyl (C=O) groups excluding carboxylic acids is 2. The SMILES string of the molecule is C/C(O)=C(/N=Nc1cc(S(C)(=O)=O)ccc1O)C(=O)Nc1ccccc1Cl.C/C(O)=C(/N=Nc1cc(S(C)(=O)=O)ccc1O)C(=O)Nc1ccccc1Cl.[Co].[Na+]. The summed E-state index contributed by atoms with van der Waals surface area (Å²) in [7, 11) is -7.05. The second kappa shape index (κ2) is 21.8. The first kappa shape index (κ1) is 49.7. The van der Waals surface area contributed by atoms with E-state index < -0.39 is 54.4 Å². The van der Waals surface area contributed by atoms with E-state index in [0.29, 0.717) is 11.4 Å². The van der Waals surface area contributed by atoms with Crippen molar-refractivity contribution in [1.29, 1.82) is 0 Å². The van der Waals surface area contributed by atoms with Crippen LogP contribution in [0.1, 0.15) is 13.8 Å². The summed E-state index contributed by atoms with van der Waals surface area (Å²) in [6.07, 6.45) is 2.00. The maximum Gasteiger partial charge on any atom is 1.00 e. The van der Waals surface area contributed by atoms with E-state index >= 15 is 0 Å². The van der Waals surface area contributed by atoms with Gasteiger partial charge in [-0.15, -0.1) is 20.5 Å². The van der Waals surface area contributed by atoms with Gasteiger partial charge in [-0.2, -0.15) is 0 Å². The maximum atomic E-state index is 12.3. The molecule has 56 heavy (non-hydrogen) atoms. The summed E-state index contributed by atoms with van der Waals surface area (Å²) in [5.74, 6) is -3.11. The fourth-order valence-electron chi connectivity index (χ4n) is 3.89. The molecule has 6 N–H and O–H groups in total. The second-order valence-electron chi connectivity index (χ2n) is 11.0. The van der Waals surface area contributed by atoms with Gasteiger partial charge in [0.1, 0.15) is 34.4 Å². The number of aliphatic hydroxyl groups excluding tert-OH is 2. The molecule has 0 saturated carbocycles. The number of sulfone groups is 2. The zero-order valence-electron chi connectivity index (χ0n) is 30.0. The monoisotopic (exact) mass is 900 g/mol. The number of carbonyl (C=O) groups is 2. The molecule has 293 valence electrons. The number of allylic oxidation sites excluding steroid dienone is 2. The van der Waals surface area contributed by atoms with Crippen molar-refractivity contribution < 1.29 is 93.2 Å². The van der Waals surface area contributed by atoms with Gasteiger partial charge in [-0.05, 0) is 74.5 Å². The second-order valence-corrected chi connectivity index (χ2v) is 15.8. The summed E-state index contributed by atoms with van der Waals surface area (Å²) in [5.41, 5.74) is -0.609. The van der Waals surface area contributed by atoms with Crippen molar-refractivity contribution in [2.75, 3.05) is 23.1 Å². The van der Waals surface area contributed by atoms with E-state index in [1.165, 1.54) is 26.0 Å². The maximum absolute atomic E-state index is 12.3. The first-order valence-electron chi connectivity index (χ1n) is 15.0. The molecule has 0 aliphatic heterocycles. The molecule has 0 aliphatic carbocycles. The van der Waals surface area contributed by atoms with Gasteiger partial charge in [0.15, 0.2) is 31.1 Å². The van der Waals surface area contributed by atoms with E-state index in [-0.39, 0.29) is 89.0 Å². The normalized spacial score (nSPS) is 12.2. The van der Waals surface area contributed by atoms with Crippen molar-refractivity contribution in [3.05, 3.63) is 118 Å². The quantitative estimate of drug-likeness (QED) is 0.0542. The minimum Gasteiger partial charge on any atom is -0.510 e. The van der Waals surface area contributed by atoms with Crippen LogP contribution in [-0.2, 0) is 46.0 Å². The Kier molecular flexibility index (Phi) is 19.4. The molecule has 0 fully saturated rings. The molecule has 0 aromatic heterocycles. The third kappa shape index (κ3) is 14.6. The molecule has 0 atom stereocenters. The molecule has 4 rings (SSSR count). The molecule has 4 aromatic rings. The molecule has 0 saturated heterocycles. The Labute approximate surface area is 364 Å². The Morgan fingerprint density at radius 1 is 0.607 bits per heavy atom. The number of phenolic OH excluding ortho intramolecular Hbond substituents is 2. The Bertz CT molecular complexity index is 2270. The summed E-state index contributed by atoms with van der Waals surface area (Å²) < 4.78 is 46.4. The number of halogens is 2. The zero-order valence-corrected chi connectivity index (χ0v) is 36.2. The Morgan fingerprint density at radius 3 is 1.21 bits per heavy atom. The van der Waals surface area contributed by atoms with Crippen LogP contribution in [0.2, 0.25) is 10.0 Å². The number of aliphatic hydroxyl groups is 2. The number of benzene rings is 4. The van der Waals surface area contributed by atoms with E-state index in [2.05, 4.69) is 31.1 Å². The minimum absolute atomic E-state index is 0. The minimum atomic E-state index is -3.53. The van der Waals surface area contributed by atoms with Crippen LogP contribution in [0.4, 0.5) is 22.7 Å². The van der Waals surface area contributed by atoms with E-state index in [9.17, 15) is 46.9 Å². The van der Waals surface area contributed by atoms with Gasteiger partial charge in [-0.1, -0.05) is 47.5 Å². The number of amides is 2. The molecular formula is C34H32Cl2CoN6NaO10S2+. The molecule has 4 aromatic carbocycles. The molecule has 0 bridgehead atoms. The van der Waals surface area contributed by atoms with E-state index in [4.69, 9.17) is 23.2 Å². The molecule has 1 radical (unpaired) electrons. The third-order valence-corrected chi connectivity index (χ3v) is 9.50. The van der Waals surface area contributed by atoms with Crippen LogP contribution in [0.5, 0.6) is 11.5 Å². The zero-order chi connectivity index (χ0) is 40.4. The number of nitrogens with zero attached hydrogens (tertiary/aromatic N) is 4. The Morgan fingerprint density at radius 2 is 0.929 bits per heavy atom. The summed E-state index contributed by atoms with van der Waals surface area (Å²) in [5, 5.41) is 59.3. The molecule has 0 aliphatic rings. The summed E-state index contributed by atoms with van der Waals surface area (Å²) in [4.78, 5) is 24.5. The van der Waals surface area contributed by atoms with Crippen LogP contribution in [0.25, 0.3) is 0 Å². The standard InChI is InChI=1S/2C17H16ClN3O5S.Co.Na/c2*1-10(22)16(17(24)19-13-6-4-3-5-12(13)18)21-20-14-9-11(27(2,25)26)7-8-15(14)23;;/h2*3-9,22-23H,1-2H3,(H,19,24);;/q;;;+1/b2*16-10-,21-20?;;. The first-order valence-corrected chi connectivity index (χ1v) is 19.5. The smallest absolute Gasteiger partial charge is 0.510 e. The van der Waals surface area contributed by atoms with Gasteiger partial charge in [0.25, 0.3) is 11.8 Å². The number of nitrogens with one attached hydrogen (secondary N) is 2. The number of rotatable bonds is 10. The van der Waals surface area contributed by atoms with Crippen molar-refractivity contribution >= 4 is 77.4 Å². The number of anilines is 2. The van der Waals surface area contributed by atoms with E-state index in [1.807, 2.05) is 0 Å². The molecule has 0 heterocycles. The van der Waals surface area contributed by atoms with E-state index in [1.54, 1.807) is 48.5 Å². The fraction of sp³-hybridized carbons (Fsp3) is 0.118. The van der Waals surface area contributed by atoms with Crippen LogP contribution in [-0.4, -0.2) is 61.6 Å². The Hall–Kier alpha value is -4.31. The number of phenols is 2. The topological polar surface area (TPSA) is 257 Å². The number of aromatic hydroxyl groups is 2. The predicted octanol–water partition coefficient (Wildman–Crippen LogP) is 4.92. The number of para-hydroxylation sites is 2. The van der Waals surface area contributed by atoms with Crippen LogP contribution >= 0.6 is 23.2 Å². The average Bonchev–Trinajstić information content (AvgIpc) is 3.07. The molecule has 16 nitrogen and oxygen atoms in total. The summed E-state index contributed by atoms with van der Waals surface area (Å²) in [6.45, 7) is 2.46. The van der Waals surface area contributed by atoms with Crippen LogP contribution in [0, 0.1) is 0 Å². The van der Waals surface area contributed by atoms with Gasteiger partial charge in [0.2, 0.25) is 0 Å². The predicted molar refractivity (Wildman–Crippen MR) is 202 cm³/mol. The van der Waals surface area contributed by atoms with Crippen LogP contribution in [0.15, 0.2) is 138 Å². The fourth-order valence-corrected chi connectivity index (χ4v) is 5.54. The first-order chi connectivity index (χ1) is 25.2. The number of azo groups is 2. The van der Waals surface area contributed by atoms with Crippen LogP contribution in [0.3, 0.4) is 0 Å². The van der Waals surface area contributed by atoms with Crippen molar-refractivity contribution in [2.45, 2.75) is 23.6 Å². The van der Waals surface area contributed by atoms with Gasteiger partial charge < -0.3 is 31.1 Å². The molecule has 0 unspecified atom stereocenters. The van der Waals surface area contributed by atoms with Crippen molar-refractivity contribution in [1.82, 2.24) is 0 Å². The average molecular weight is 902 g/mol. The van der Waals surface area contributed by atoms with Gasteiger partial charge in [0, 0.05) is 29.3 Å². The molecule has 2 amide bonds. The van der Waals surface area contributed by atoms with Gasteiger partial charge in [0.05, 0.1) is 31.2 Å². The van der Waals surface area contributed by atoms with Gasteiger partial charge in [-0.25, -0.2) is 16.8 Å². The van der Waals surface area contributed by atoms with Crippen molar-refractivity contribution in [2.24, 2.45) is 20.5 Å². The van der Waals surface area contributed by atoms with Gasteiger partial charge >= 0.3 is 29.6 Å². The number of hydrogen-bond donors (Lipinski definition) is 6. The summed E-state index contributed by atoms with van der Waals surface area (Å²) in [6, 6.07) is 19.9. The van der Waals surface area contributed by atoms with Crippen molar-refractivity contribution in [3.63, 3.8) is 0 Å². The molecule has 22 heteroatoms. The number of hydrogen-bond acceptors (Lipinski definition) is 14. The summed E-state index contributed by atoms with van der Waals surface area (Å²) >= 11 is 11.9. The van der Waals surface area contributed by atoms with Crippen molar-refractivity contribution in [3.8, 4) is 11.5 Å². The Balaban J connectivity index is 0.000000541. The van der Waals surface area contributed by atoms with Gasteiger partial charge in [-0.3, -0.25) is 9.59 Å². The van der Waals surface area contributed by atoms with E-state index in [0.717, 1.165) is 36.8 Å². The molecular weight excluding hydrogens is 869 g/mol. The third-order valence-electron chi connectivity index (χ3n) is 6.63. The largest absolute Gasteiger partial charge is 1.00 e. The van der Waals surface area contributed by atoms with Crippen LogP contribution < -0.4 is 40.2 Å². The molecule has 0 spiro atoms.